The quantitative estimate of drug-likeness (QED) is 0.827. The third-order valence-electron chi connectivity index (χ3n) is 2.77. The molecule has 0 heterocycles. The maximum absolute atomic E-state index is 13.2. The molecule has 5 heteroatoms. The maximum Gasteiger partial charge on any atom is 0.255 e. The molecule has 0 atom stereocenters. The molecule has 0 aromatic heterocycles. The van der Waals surface area contributed by atoms with Crippen molar-refractivity contribution in [3.63, 3.8) is 0 Å². The van der Waals surface area contributed by atoms with E-state index in [1.807, 2.05) is 6.92 Å². The van der Waals surface area contributed by atoms with Crippen molar-refractivity contribution in [2.24, 2.45) is 0 Å². The van der Waals surface area contributed by atoms with Gasteiger partial charge in [-0.2, -0.15) is 0 Å². The topological polar surface area (TPSA) is 58.6 Å². The van der Waals surface area contributed by atoms with Crippen LogP contribution in [0.1, 0.15) is 23.7 Å². The molecule has 0 aliphatic heterocycles. The fourth-order valence-electron chi connectivity index (χ4n) is 1.73. The van der Waals surface area contributed by atoms with Crippen LogP contribution in [0.25, 0.3) is 0 Å². The van der Waals surface area contributed by atoms with E-state index in [2.05, 4.69) is 5.32 Å². The Kier molecular flexibility index (Phi) is 4.77. The van der Waals surface area contributed by atoms with E-state index in [0.29, 0.717) is 17.9 Å². The molecule has 110 valence electrons. The molecule has 0 aliphatic carbocycles. The molecule has 21 heavy (non-hydrogen) atoms. The number of ether oxygens (including phenoxy) is 1. The Balaban J connectivity index is 2.10. The molecule has 2 N–H and O–H groups in total. The summed E-state index contributed by atoms with van der Waals surface area (Å²) in [5.74, 6) is -1.00. The minimum atomic E-state index is -0.784. The molecule has 0 spiro atoms. The number of carbonyl (C=O) groups is 1. The molecule has 2 aromatic carbocycles. The van der Waals surface area contributed by atoms with Crippen molar-refractivity contribution in [1.82, 2.24) is 0 Å². The first-order valence-electron chi connectivity index (χ1n) is 6.63. The van der Waals surface area contributed by atoms with Crippen molar-refractivity contribution >= 4 is 11.6 Å². The Bertz CT molecular complexity index is 643. The minimum Gasteiger partial charge on any atom is -0.505 e. The van der Waals surface area contributed by atoms with Crippen molar-refractivity contribution in [2.75, 3.05) is 11.9 Å². The third kappa shape index (κ3) is 3.95. The smallest absolute Gasteiger partial charge is 0.255 e. The van der Waals surface area contributed by atoms with Gasteiger partial charge in [0.15, 0.2) is 11.6 Å². The monoisotopic (exact) mass is 289 g/mol. The number of amides is 1. The molecule has 0 unspecified atom stereocenters. The second-order valence-electron chi connectivity index (χ2n) is 4.50. The van der Waals surface area contributed by atoms with Crippen LogP contribution in [0, 0.1) is 5.82 Å². The first-order chi connectivity index (χ1) is 10.1. The molecule has 2 aromatic rings. The highest BCUT2D eigenvalue weighted by Gasteiger charge is 2.09. The van der Waals surface area contributed by atoms with Gasteiger partial charge in [-0.15, -0.1) is 0 Å². The molecule has 2 rings (SSSR count). The van der Waals surface area contributed by atoms with E-state index in [1.54, 1.807) is 24.3 Å². The van der Waals surface area contributed by atoms with Crippen LogP contribution < -0.4 is 10.1 Å². The van der Waals surface area contributed by atoms with E-state index >= 15 is 0 Å². The number of anilines is 1. The lowest BCUT2D eigenvalue weighted by molar-refractivity contribution is 0.102. The summed E-state index contributed by atoms with van der Waals surface area (Å²) >= 11 is 0. The zero-order valence-corrected chi connectivity index (χ0v) is 11.6. The van der Waals surface area contributed by atoms with E-state index in [4.69, 9.17) is 9.84 Å². The predicted molar refractivity (Wildman–Crippen MR) is 78.2 cm³/mol. The summed E-state index contributed by atoms with van der Waals surface area (Å²) < 4.78 is 18.7. The number of benzene rings is 2. The van der Waals surface area contributed by atoms with E-state index in [-0.39, 0.29) is 11.6 Å². The van der Waals surface area contributed by atoms with Gasteiger partial charge in [0.05, 0.1) is 6.61 Å². The van der Waals surface area contributed by atoms with Gasteiger partial charge in [0.25, 0.3) is 5.91 Å². The summed E-state index contributed by atoms with van der Waals surface area (Å²) in [7, 11) is 0. The fourth-order valence-corrected chi connectivity index (χ4v) is 1.73. The van der Waals surface area contributed by atoms with Gasteiger partial charge in [-0.3, -0.25) is 4.79 Å². The second kappa shape index (κ2) is 6.74. The van der Waals surface area contributed by atoms with Gasteiger partial charge in [0, 0.05) is 17.3 Å². The van der Waals surface area contributed by atoms with Crippen molar-refractivity contribution in [3.8, 4) is 11.5 Å². The summed E-state index contributed by atoms with van der Waals surface area (Å²) in [6.45, 7) is 2.57. The van der Waals surface area contributed by atoms with Crippen molar-refractivity contribution < 1.29 is 19.0 Å². The molecule has 0 saturated heterocycles. The van der Waals surface area contributed by atoms with Crippen LogP contribution in [-0.4, -0.2) is 17.6 Å². The van der Waals surface area contributed by atoms with E-state index < -0.39 is 11.6 Å². The third-order valence-corrected chi connectivity index (χ3v) is 2.77. The number of rotatable bonds is 5. The number of carbonyl (C=O) groups excluding carboxylic acids is 1. The van der Waals surface area contributed by atoms with Gasteiger partial charge in [-0.25, -0.2) is 4.39 Å². The lowest BCUT2D eigenvalue weighted by atomic mass is 10.2. The van der Waals surface area contributed by atoms with Crippen molar-refractivity contribution in [2.45, 2.75) is 13.3 Å². The van der Waals surface area contributed by atoms with E-state index in [0.717, 1.165) is 12.5 Å². The lowest BCUT2D eigenvalue weighted by Gasteiger charge is -2.08. The number of aromatic hydroxyl groups is 1. The first kappa shape index (κ1) is 14.8. The molecule has 0 bridgehead atoms. The van der Waals surface area contributed by atoms with Crippen LogP contribution in [0.4, 0.5) is 10.1 Å². The van der Waals surface area contributed by atoms with Crippen LogP contribution in [0.2, 0.25) is 0 Å². The Morgan fingerprint density at radius 3 is 2.81 bits per heavy atom. The van der Waals surface area contributed by atoms with E-state index in [9.17, 15) is 9.18 Å². The highest BCUT2D eigenvalue weighted by atomic mass is 19.1. The number of hydrogen-bond acceptors (Lipinski definition) is 3. The molecular weight excluding hydrogens is 273 g/mol. The normalized spacial score (nSPS) is 10.2. The number of nitrogens with one attached hydrogen (secondary N) is 1. The van der Waals surface area contributed by atoms with Crippen LogP contribution >= 0.6 is 0 Å². The summed E-state index contributed by atoms with van der Waals surface area (Å²) in [6, 6.07) is 10.4. The molecule has 0 fully saturated rings. The predicted octanol–water partition coefficient (Wildman–Crippen LogP) is 3.57. The Labute approximate surface area is 122 Å². The average molecular weight is 289 g/mol. The zero-order chi connectivity index (χ0) is 15.2. The maximum atomic E-state index is 13.2. The standard InChI is InChI=1S/C16H16FNO3/c1-2-8-21-13-5-3-4-11(9-13)16(20)18-12-6-7-15(19)14(17)10-12/h3-7,9-10,19H,2,8H2,1H3,(H,18,20). The number of hydrogen-bond donors (Lipinski definition) is 2. The summed E-state index contributed by atoms with van der Waals surface area (Å²) in [5.41, 5.74) is 0.687. The SMILES string of the molecule is CCCOc1cccc(C(=O)Nc2ccc(O)c(F)c2)c1. The average Bonchev–Trinajstić information content (AvgIpc) is 2.49. The van der Waals surface area contributed by atoms with Crippen LogP contribution in [0.3, 0.4) is 0 Å². The molecular formula is C16H16FNO3. The zero-order valence-electron chi connectivity index (χ0n) is 11.6. The highest BCUT2D eigenvalue weighted by molar-refractivity contribution is 6.04. The van der Waals surface area contributed by atoms with Crippen LogP contribution in [-0.2, 0) is 0 Å². The number of phenols is 1. The van der Waals surface area contributed by atoms with Crippen LogP contribution in [0.5, 0.6) is 11.5 Å². The highest BCUT2D eigenvalue weighted by Crippen LogP contribution is 2.20. The van der Waals surface area contributed by atoms with Crippen molar-refractivity contribution in [3.05, 3.63) is 53.8 Å². The Hall–Kier alpha value is -2.56. The lowest BCUT2D eigenvalue weighted by Crippen LogP contribution is -2.12. The van der Waals surface area contributed by atoms with E-state index in [1.165, 1.54) is 12.1 Å². The molecule has 0 saturated carbocycles. The number of halogens is 1. The minimum absolute atomic E-state index is 0.273. The molecule has 4 nitrogen and oxygen atoms in total. The fraction of sp³-hybridized carbons (Fsp3) is 0.188. The summed E-state index contributed by atoms with van der Waals surface area (Å²) in [4.78, 5) is 12.1. The summed E-state index contributed by atoms with van der Waals surface area (Å²) in [6.07, 6.45) is 0.878. The van der Waals surface area contributed by atoms with Gasteiger partial charge < -0.3 is 15.2 Å². The Morgan fingerprint density at radius 2 is 2.10 bits per heavy atom. The Morgan fingerprint density at radius 1 is 1.29 bits per heavy atom. The van der Waals surface area contributed by atoms with Gasteiger partial charge in [-0.1, -0.05) is 13.0 Å². The largest absolute Gasteiger partial charge is 0.505 e. The van der Waals surface area contributed by atoms with Gasteiger partial charge in [0.2, 0.25) is 0 Å². The second-order valence-corrected chi connectivity index (χ2v) is 4.50. The molecule has 0 radical (unpaired) electrons. The number of phenolic OH excluding ortho intramolecular Hbond substituents is 1. The summed E-state index contributed by atoms with van der Waals surface area (Å²) in [5, 5.41) is 11.7. The van der Waals surface area contributed by atoms with Crippen LogP contribution in [0.15, 0.2) is 42.5 Å². The first-order valence-corrected chi connectivity index (χ1v) is 6.63. The van der Waals surface area contributed by atoms with Gasteiger partial charge in [0.1, 0.15) is 5.75 Å². The van der Waals surface area contributed by atoms with Crippen molar-refractivity contribution in [1.29, 1.82) is 0 Å². The van der Waals surface area contributed by atoms with Gasteiger partial charge >= 0.3 is 0 Å². The molecule has 0 aliphatic rings. The van der Waals surface area contributed by atoms with Gasteiger partial charge in [-0.05, 0) is 36.8 Å². The molecule has 1 amide bonds.